The highest BCUT2D eigenvalue weighted by atomic mass is 28.4. The van der Waals surface area contributed by atoms with Crippen molar-refractivity contribution in [3.8, 4) is 12.3 Å². The fraction of sp³-hybridized carbons (Fsp3) is 0.846. The molecule has 1 saturated heterocycles. The minimum absolute atomic E-state index is 0.0969. The van der Waals surface area contributed by atoms with E-state index in [4.69, 9.17) is 15.6 Å². The topological polar surface area (TPSA) is 18.5 Å². The first-order valence-corrected chi connectivity index (χ1v) is 8.94. The number of ether oxygens (including phenoxy) is 1. The van der Waals surface area contributed by atoms with Crippen LogP contribution in [0.1, 0.15) is 33.6 Å². The Morgan fingerprint density at radius 3 is 2.50 bits per heavy atom. The highest BCUT2D eigenvalue weighted by molar-refractivity contribution is 6.74. The molecule has 1 aliphatic rings. The van der Waals surface area contributed by atoms with E-state index >= 15 is 0 Å². The van der Waals surface area contributed by atoms with Crippen molar-refractivity contribution in [3.63, 3.8) is 0 Å². The molecule has 0 spiro atoms. The van der Waals surface area contributed by atoms with Gasteiger partial charge in [0, 0.05) is 6.61 Å². The lowest BCUT2D eigenvalue weighted by molar-refractivity contribution is -0.0370. The summed E-state index contributed by atoms with van der Waals surface area (Å²) in [4.78, 5) is 0. The molecule has 0 N–H and O–H groups in total. The van der Waals surface area contributed by atoms with Gasteiger partial charge in [0.2, 0.25) is 0 Å². The van der Waals surface area contributed by atoms with Gasteiger partial charge in [0.1, 0.15) is 6.10 Å². The molecule has 0 unspecified atom stereocenters. The van der Waals surface area contributed by atoms with Crippen molar-refractivity contribution in [1.82, 2.24) is 0 Å². The fourth-order valence-electron chi connectivity index (χ4n) is 1.58. The van der Waals surface area contributed by atoms with E-state index in [2.05, 4.69) is 39.8 Å². The Kier molecular flexibility index (Phi) is 4.22. The van der Waals surface area contributed by atoms with Crippen molar-refractivity contribution in [3.05, 3.63) is 0 Å². The molecule has 1 heterocycles. The van der Waals surface area contributed by atoms with E-state index in [0.29, 0.717) is 0 Å². The third kappa shape index (κ3) is 3.10. The second-order valence-electron chi connectivity index (χ2n) is 6.02. The highest BCUT2D eigenvalue weighted by Crippen LogP contribution is 2.38. The average molecular weight is 240 g/mol. The van der Waals surface area contributed by atoms with Crippen molar-refractivity contribution in [2.24, 2.45) is 0 Å². The number of rotatable bonds is 2. The summed E-state index contributed by atoms with van der Waals surface area (Å²) in [7, 11) is -1.73. The van der Waals surface area contributed by atoms with Gasteiger partial charge in [0.05, 0.1) is 6.10 Å². The molecule has 0 radical (unpaired) electrons. The molecular formula is C13H24O2Si. The van der Waals surface area contributed by atoms with Gasteiger partial charge in [-0.05, 0) is 31.0 Å². The Morgan fingerprint density at radius 1 is 1.38 bits per heavy atom. The monoisotopic (exact) mass is 240 g/mol. The van der Waals surface area contributed by atoms with Crippen LogP contribution in [0.5, 0.6) is 0 Å². The third-order valence-corrected chi connectivity index (χ3v) is 8.19. The molecule has 2 atom stereocenters. The van der Waals surface area contributed by atoms with E-state index < -0.39 is 8.32 Å². The van der Waals surface area contributed by atoms with Crippen LogP contribution in [-0.4, -0.2) is 27.1 Å². The van der Waals surface area contributed by atoms with Crippen molar-refractivity contribution in [2.45, 2.75) is 64.0 Å². The lowest BCUT2D eigenvalue weighted by atomic mass is 10.1. The van der Waals surface area contributed by atoms with Gasteiger partial charge in [0.25, 0.3) is 0 Å². The molecule has 0 aromatic heterocycles. The van der Waals surface area contributed by atoms with Crippen molar-refractivity contribution >= 4 is 8.32 Å². The second kappa shape index (κ2) is 4.91. The summed E-state index contributed by atoms with van der Waals surface area (Å²) in [6.45, 7) is 12.0. The van der Waals surface area contributed by atoms with Crippen LogP contribution < -0.4 is 0 Å². The molecular weight excluding hydrogens is 216 g/mol. The van der Waals surface area contributed by atoms with Gasteiger partial charge in [-0.2, -0.15) is 0 Å². The molecule has 1 aliphatic heterocycles. The van der Waals surface area contributed by atoms with E-state index in [1.54, 1.807) is 0 Å². The molecule has 3 heteroatoms. The smallest absolute Gasteiger partial charge is 0.192 e. The summed E-state index contributed by atoms with van der Waals surface area (Å²) in [5.41, 5.74) is 0. The summed E-state index contributed by atoms with van der Waals surface area (Å²) in [5, 5.41) is 0.226. The van der Waals surface area contributed by atoms with Crippen molar-refractivity contribution in [1.29, 1.82) is 0 Å². The minimum Gasteiger partial charge on any atom is -0.410 e. The minimum atomic E-state index is -1.73. The maximum atomic E-state index is 6.32. The maximum absolute atomic E-state index is 6.32. The SMILES string of the molecule is C#C[C@@H]1OCCC[C@@H]1O[Si](C)(C)C(C)(C)C. The van der Waals surface area contributed by atoms with E-state index in [9.17, 15) is 0 Å². The summed E-state index contributed by atoms with van der Waals surface area (Å²) >= 11 is 0. The molecule has 1 fully saturated rings. The molecule has 16 heavy (non-hydrogen) atoms. The summed E-state index contributed by atoms with van der Waals surface area (Å²) in [5.74, 6) is 2.70. The van der Waals surface area contributed by atoms with Gasteiger partial charge in [-0.25, -0.2) is 0 Å². The van der Waals surface area contributed by atoms with Crippen LogP contribution in [0.25, 0.3) is 0 Å². The van der Waals surface area contributed by atoms with Crippen LogP contribution in [0.3, 0.4) is 0 Å². The van der Waals surface area contributed by atoms with E-state index in [0.717, 1.165) is 19.4 Å². The van der Waals surface area contributed by atoms with Gasteiger partial charge in [-0.1, -0.05) is 26.7 Å². The van der Waals surface area contributed by atoms with E-state index in [-0.39, 0.29) is 17.2 Å². The standard InChI is InChI=1S/C13H24O2Si/c1-7-11-12(9-8-10-14-11)15-16(5,6)13(2,3)4/h1,11-12H,8-10H2,2-6H3/t11-,12-/m0/s1. The maximum Gasteiger partial charge on any atom is 0.192 e. The van der Waals surface area contributed by atoms with Crippen molar-refractivity contribution < 1.29 is 9.16 Å². The second-order valence-corrected chi connectivity index (χ2v) is 10.8. The zero-order valence-corrected chi connectivity index (χ0v) is 12.2. The van der Waals surface area contributed by atoms with Crippen molar-refractivity contribution in [2.75, 3.05) is 6.61 Å². The molecule has 0 aromatic carbocycles. The van der Waals surface area contributed by atoms with Crippen LogP contribution in [0, 0.1) is 12.3 Å². The Bertz CT molecular complexity index is 273. The quantitative estimate of drug-likeness (QED) is 0.545. The zero-order chi connectivity index (χ0) is 12.4. The first kappa shape index (κ1) is 13.8. The Hall–Kier alpha value is -0.303. The highest BCUT2D eigenvalue weighted by Gasteiger charge is 2.41. The Morgan fingerprint density at radius 2 is 2.00 bits per heavy atom. The van der Waals surface area contributed by atoms with Gasteiger partial charge < -0.3 is 9.16 Å². The van der Waals surface area contributed by atoms with Crippen LogP contribution in [0.4, 0.5) is 0 Å². The predicted octanol–water partition coefficient (Wildman–Crippen LogP) is 3.19. The van der Waals surface area contributed by atoms with Crippen LogP contribution >= 0.6 is 0 Å². The predicted molar refractivity (Wildman–Crippen MR) is 69.9 cm³/mol. The molecule has 0 bridgehead atoms. The lowest BCUT2D eigenvalue weighted by Gasteiger charge is -2.41. The lowest BCUT2D eigenvalue weighted by Crippen LogP contribution is -2.48. The molecule has 2 nitrogen and oxygen atoms in total. The third-order valence-electron chi connectivity index (χ3n) is 3.68. The van der Waals surface area contributed by atoms with Gasteiger partial charge in [0.15, 0.2) is 8.32 Å². The van der Waals surface area contributed by atoms with E-state index in [1.807, 2.05) is 0 Å². The Labute approximate surface area is 101 Å². The largest absolute Gasteiger partial charge is 0.410 e. The van der Waals surface area contributed by atoms with Crippen LogP contribution in [0.15, 0.2) is 0 Å². The first-order valence-electron chi connectivity index (χ1n) is 6.03. The molecule has 0 aromatic rings. The molecule has 0 saturated carbocycles. The summed E-state index contributed by atoms with van der Waals surface area (Å²) in [6, 6.07) is 0. The Balaban J connectivity index is 2.69. The van der Waals surface area contributed by atoms with E-state index in [1.165, 1.54) is 0 Å². The number of hydrogen-bond donors (Lipinski definition) is 0. The molecule has 0 aliphatic carbocycles. The molecule has 1 rings (SSSR count). The van der Waals surface area contributed by atoms with Gasteiger partial charge in [-0.3, -0.25) is 0 Å². The number of hydrogen-bond acceptors (Lipinski definition) is 2. The van der Waals surface area contributed by atoms with Gasteiger partial charge in [-0.15, -0.1) is 6.42 Å². The normalized spacial score (nSPS) is 27.5. The zero-order valence-electron chi connectivity index (χ0n) is 11.2. The first-order chi connectivity index (χ1) is 7.28. The van der Waals surface area contributed by atoms with Crippen LogP contribution in [-0.2, 0) is 9.16 Å². The number of terminal acetylenes is 1. The average Bonchev–Trinajstić information content (AvgIpc) is 2.16. The summed E-state index contributed by atoms with van der Waals surface area (Å²) < 4.78 is 11.9. The molecule has 92 valence electrons. The summed E-state index contributed by atoms with van der Waals surface area (Å²) in [6.07, 6.45) is 7.51. The molecule has 0 amide bonds. The van der Waals surface area contributed by atoms with Gasteiger partial charge >= 0.3 is 0 Å². The fourth-order valence-corrected chi connectivity index (χ4v) is 2.94. The van der Waals surface area contributed by atoms with Crippen LogP contribution in [0.2, 0.25) is 18.1 Å².